The highest BCUT2D eigenvalue weighted by Crippen LogP contribution is 2.30. The van der Waals surface area contributed by atoms with Crippen LogP contribution in [0.1, 0.15) is 29.5 Å². The zero-order valence-corrected chi connectivity index (χ0v) is 17.9. The number of thiazole rings is 1. The van der Waals surface area contributed by atoms with Crippen molar-refractivity contribution in [1.29, 1.82) is 0 Å². The van der Waals surface area contributed by atoms with Crippen molar-refractivity contribution in [2.24, 2.45) is 0 Å². The molecule has 6 heteroatoms. The van der Waals surface area contributed by atoms with Gasteiger partial charge in [0.2, 0.25) is 5.91 Å². The van der Waals surface area contributed by atoms with Crippen LogP contribution in [0.4, 0.5) is 5.13 Å². The monoisotopic (exact) mass is 420 g/mol. The van der Waals surface area contributed by atoms with E-state index in [9.17, 15) is 4.79 Å². The lowest BCUT2D eigenvalue weighted by Crippen LogP contribution is -2.07. The summed E-state index contributed by atoms with van der Waals surface area (Å²) in [5, 5.41) is 5.41. The van der Waals surface area contributed by atoms with Gasteiger partial charge in [0.25, 0.3) is 0 Å². The van der Waals surface area contributed by atoms with E-state index in [4.69, 9.17) is 9.47 Å². The van der Waals surface area contributed by atoms with E-state index < -0.39 is 0 Å². The number of rotatable bonds is 6. The number of nitrogens with zero attached hydrogens (tertiary/aromatic N) is 1. The molecule has 0 atom stereocenters. The van der Waals surface area contributed by atoms with Gasteiger partial charge in [0.15, 0.2) is 16.6 Å². The molecule has 0 saturated carbocycles. The lowest BCUT2D eigenvalue weighted by molar-refractivity contribution is -0.111. The van der Waals surface area contributed by atoms with Gasteiger partial charge in [-0.3, -0.25) is 10.1 Å². The standard InChI is InChI=1S/C24H24N2O3S/c1-28-21-11-7-16(13-22(21)29-2)8-12-23(27)26-24-25-20(15-30-24)19-10-9-17-5-3-4-6-18(17)14-19/h7-15H,3-6H2,1-2H3,(H,25,26,27)/b12-8+. The molecule has 3 aromatic rings. The molecule has 1 aromatic heterocycles. The zero-order valence-electron chi connectivity index (χ0n) is 17.1. The van der Waals surface area contributed by atoms with Crippen molar-refractivity contribution in [1.82, 2.24) is 4.98 Å². The van der Waals surface area contributed by atoms with Gasteiger partial charge in [0.1, 0.15) is 0 Å². The molecule has 0 aliphatic heterocycles. The molecule has 0 unspecified atom stereocenters. The molecular weight excluding hydrogens is 396 g/mol. The fraction of sp³-hybridized carbons (Fsp3) is 0.250. The molecule has 1 amide bonds. The number of anilines is 1. The Morgan fingerprint density at radius 3 is 2.63 bits per heavy atom. The van der Waals surface area contributed by atoms with Crippen molar-refractivity contribution in [2.45, 2.75) is 25.7 Å². The molecule has 5 nitrogen and oxygen atoms in total. The summed E-state index contributed by atoms with van der Waals surface area (Å²) in [6, 6.07) is 12.1. The zero-order chi connectivity index (χ0) is 20.9. The molecule has 30 heavy (non-hydrogen) atoms. The number of carbonyl (C=O) groups is 1. The third-order valence-corrected chi connectivity index (χ3v) is 5.97. The van der Waals surface area contributed by atoms with Crippen LogP contribution < -0.4 is 14.8 Å². The average molecular weight is 421 g/mol. The SMILES string of the molecule is COc1ccc(/C=C/C(=O)Nc2nc(-c3ccc4c(c3)CCCC4)cs2)cc1OC. The number of benzene rings is 2. The van der Waals surface area contributed by atoms with Gasteiger partial charge in [0.05, 0.1) is 19.9 Å². The van der Waals surface area contributed by atoms with E-state index in [1.807, 2.05) is 23.6 Å². The fourth-order valence-electron chi connectivity index (χ4n) is 3.63. The van der Waals surface area contributed by atoms with E-state index in [-0.39, 0.29) is 5.91 Å². The summed E-state index contributed by atoms with van der Waals surface area (Å²) in [7, 11) is 3.17. The number of aryl methyl sites for hydroxylation is 2. The highest BCUT2D eigenvalue weighted by molar-refractivity contribution is 7.14. The summed E-state index contributed by atoms with van der Waals surface area (Å²) in [4.78, 5) is 16.9. The molecule has 2 aromatic carbocycles. The van der Waals surface area contributed by atoms with E-state index in [0.717, 1.165) is 23.2 Å². The van der Waals surface area contributed by atoms with Crippen molar-refractivity contribution in [2.75, 3.05) is 19.5 Å². The molecule has 0 bridgehead atoms. The highest BCUT2D eigenvalue weighted by Gasteiger charge is 2.12. The first-order valence-electron chi connectivity index (χ1n) is 9.95. The number of hydrogen-bond donors (Lipinski definition) is 1. The van der Waals surface area contributed by atoms with Crippen molar-refractivity contribution < 1.29 is 14.3 Å². The quantitative estimate of drug-likeness (QED) is 0.546. The molecule has 1 heterocycles. The van der Waals surface area contributed by atoms with Crippen LogP contribution in [0, 0.1) is 0 Å². The Balaban J connectivity index is 1.42. The van der Waals surface area contributed by atoms with Crippen LogP contribution in [0.5, 0.6) is 11.5 Å². The third kappa shape index (κ3) is 4.54. The van der Waals surface area contributed by atoms with Crippen LogP contribution in [0.15, 0.2) is 47.9 Å². The van der Waals surface area contributed by atoms with Gasteiger partial charge < -0.3 is 9.47 Å². The van der Waals surface area contributed by atoms with Crippen molar-refractivity contribution in [3.63, 3.8) is 0 Å². The summed E-state index contributed by atoms with van der Waals surface area (Å²) in [5.41, 5.74) is 5.72. The van der Waals surface area contributed by atoms with Crippen molar-refractivity contribution >= 4 is 28.5 Å². The first-order chi connectivity index (χ1) is 14.7. The molecule has 1 aliphatic carbocycles. The first-order valence-corrected chi connectivity index (χ1v) is 10.8. The van der Waals surface area contributed by atoms with Crippen LogP contribution in [-0.2, 0) is 17.6 Å². The minimum absolute atomic E-state index is 0.226. The minimum atomic E-state index is -0.226. The molecule has 154 valence electrons. The van der Waals surface area contributed by atoms with Crippen LogP contribution in [0.25, 0.3) is 17.3 Å². The van der Waals surface area contributed by atoms with Crippen LogP contribution in [0.2, 0.25) is 0 Å². The van der Waals surface area contributed by atoms with E-state index >= 15 is 0 Å². The molecule has 0 radical (unpaired) electrons. The van der Waals surface area contributed by atoms with Gasteiger partial charge >= 0.3 is 0 Å². The van der Waals surface area contributed by atoms with Crippen LogP contribution in [-0.4, -0.2) is 25.1 Å². The normalized spacial score (nSPS) is 13.1. The number of carbonyl (C=O) groups excluding carboxylic acids is 1. The molecule has 0 fully saturated rings. The summed E-state index contributed by atoms with van der Waals surface area (Å²) >= 11 is 1.43. The Bertz CT molecular complexity index is 1090. The van der Waals surface area contributed by atoms with Gasteiger partial charge in [-0.1, -0.05) is 18.2 Å². The van der Waals surface area contributed by atoms with Gasteiger partial charge in [-0.25, -0.2) is 4.98 Å². The Labute approximate surface area is 180 Å². The van der Waals surface area contributed by atoms with E-state index in [1.54, 1.807) is 20.3 Å². The number of methoxy groups -OCH3 is 2. The van der Waals surface area contributed by atoms with Crippen LogP contribution >= 0.6 is 11.3 Å². The van der Waals surface area contributed by atoms with Crippen LogP contribution in [0.3, 0.4) is 0 Å². The maximum Gasteiger partial charge on any atom is 0.250 e. The number of nitrogens with one attached hydrogen (secondary N) is 1. The minimum Gasteiger partial charge on any atom is -0.493 e. The van der Waals surface area contributed by atoms with Gasteiger partial charge in [0, 0.05) is 17.0 Å². The fourth-order valence-corrected chi connectivity index (χ4v) is 4.35. The average Bonchev–Trinajstić information content (AvgIpc) is 3.25. The number of ether oxygens (including phenoxy) is 2. The molecule has 1 N–H and O–H groups in total. The molecular formula is C24H24N2O3S. The number of hydrogen-bond acceptors (Lipinski definition) is 5. The lowest BCUT2D eigenvalue weighted by atomic mass is 9.90. The second-order valence-electron chi connectivity index (χ2n) is 7.17. The summed E-state index contributed by atoms with van der Waals surface area (Å²) in [5.74, 6) is 1.04. The highest BCUT2D eigenvalue weighted by atomic mass is 32.1. The summed E-state index contributed by atoms with van der Waals surface area (Å²) in [6.45, 7) is 0. The molecule has 4 rings (SSSR count). The van der Waals surface area contributed by atoms with E-state index in [2.05, 4.69) is 28.5 Å². The maximum absolute atomic E-state index is 12.3. The van der Waals surface area contributed by atoms with E-state index in [0.29, 0.717) is 16.6 Å². The number of fused-ring (bicyclic) bond motifs is 1. The number of amides is 1. The second kappa shape index (κ2) is 9.13. The largest absolute Gasteiger partial charge is 0.493 e. The first kappa shape index (κ1) is 20.2. The second-order valence-corrected chi connectivity index (χ2v) is 8.02. The van der Waals surface area contributed by atoms with Gasteiger partial charge in [-0.15, -0.1) is 11.3 Å². The Hall–Kier alpha value is -3.12. The molecule has 1 aliphatic rings. The number of aromatic nitrogens is 1. The Morgan fingerprint density at radius 1 is 1.03 bits per heavy atom. The predicted octanol–water partition coefficient (Wildman–Crippen LogP) is 5.36. The molecule has 0 spiro atoms. The van der Waals surface area contributed by atoms with Gasteiger partial charge in [-0.2, -0.15) is 0 Å². The Kier molecular flexibility index (Phi) is 6.14. The smallest absolute Gasteiger partial charge is 0.250 e. The van der Waals surface area contributed by atoms with E-state index in [1.165, 1.54) is 47.8 Å². The predicted molar refractivity (Wildman–Crippen MR) is 121 cm³/mol. The molecule has 0 saturated heterocycles. The Morgan fingerprint density at radius 2 is 1.83 bits per heavy atom. The van der Waals surface area contributed by atoms with Crippen molar-refractivity contribution in [3.05, 3.63) is 64.5 Å². The lowest BCUT2D eigenvalue weighted by Gasteiger charge is -2.16. The summed E-state index contributed by atoms with van der Waals surface area (Å²) < 4.78 is 10.5. The third-order valence-electron chi connectivity index (χ3n) is 5.21. The van der Waals surface area contributed by atoms with Crippen molar-refractivity contribution in [3.8, 4) is 22.8 Å². The summed E-state index contributed by atoms with van der Waals surface area (Å²) in [6.07, 6.45) is 8.05. The topological polar surface area (TPSA) is 60.5 Å². The van der Waals surface area contributed by atoms with Gasteiger partial charge in [-0.05, 0) is 66.6 Å². The maximum atomic E-state index is 12.3.